The summed E-state index contributed by atoms with van der Waals surface area (Å²) in [5.74, 6) is 0.799. The summed E-state index contributed by atoms with van der Waals surface area (Å²) in [5, 5.41) is 4.12. The van der Waals surface area contributed by atoms with Crippen molar-refractivity contribution < 1.29 is 4.74 Å². The number of aromatic amines is 1. The van der Waals surface area contributed by atoms with Crippen LogP contribution in [-0.4, -0.2) is 22.2 Å². The molecular formula is C20H20N4OS. The van der Waals surface area contributed by atoms with E-state index in [1.165, 1.54) is 0 Å². The molecule has 1 fully saturated rings. The predicted octanol–water partition coefficient (Wildman–Crippen LogP) is 3.90. The Bertz CT molecular complexity index is 924. The lowest BCUT2D eigenvalue weighted by Gasteiger charge is -2.27. The molecule has 5 nitrogen and oxygen atoms in total. The van der Waals surface area contributed by atoms with E-state index in [-0.39, 0.29) is 12.1 Å². The molecule has 26 heavy (non-hydrogen) atoms. The van der Waals surface area contributed by atoms with Gasteiger partial charge >= 0.3 is 0 Å². The molecule has 2 atom stereocenters. The van der Waals surface area contributed by atoms with Crippen LogP contribution in [0.4, 0.5) is 5.69 Å². The first-order chi connectivity index (χ1) is 12.7. The largest absolute Gasteiger partial charge is 0.497 e. The van der Waals surface area contributed by atoms with Crippen molar-refractivity contribution in [2.75, 3.05) is 12.0 Å². The lowest BCUT2D eigenvalue weighted by Crippen LogP contribution is -2.29. The number of anilines is 1. The predicted molar refractivity (Wildman–Crippen MR) is 106 cm³/mol. The maximum absolute atomic E-state index is 5.70. The average Bonchev–Trinajstić information content (AvgIpc) is 3.25. The van der Waals surface area contributed by atoms with Gasteiger partial charge in [0.15, 0.2) is 5.11 Å². The molecule has 1 aliphatic rings. The first-order valence-corrected chi connectivity index (χ1v) is 8.88. The molecule has 3 heterocycles. The smallest absolute Gasteiger partial charge is 0.174 e. The van der Waals surface area contributed by atoms with Crippen molar-refractivity contribution in [3.63, 3.8) is 0 Å². The lowest BCUT2D eigenvalue weighted by atomic mass is 10.0. The molecule has 0 radical (unpaired) electrons. The zero-order valence-electron chi connectivity index (χ0n) is 14.6. The fourth-order valence-electron chi connectivity index (χ4n) is 3.41. The molecule has 3 aromatic rings. The Hall–Kier alpha value is -2.86. The van der Waals surface area contributed by atoms with E-state index in [0.29, 0.717) is 5.11 Å². The van der Waals surface area contributed by atoms with E-state index in [4.69, 9.17) is 17.0 Å². The van der Waals surface area contributed by atoms with Gasteiger partial charge in [-0.1, -0.05) is 12.1 Å². The Morgan fingerprint density at radius 2 is 2.00 bits per heavy atom. The number of thiocarbonyl (C=S) groups is 1. The molecule has 0 aliphatic carbocycles. The van der Waals surface area contributed by atoms with Gasteiger partial charge in [0.05, 0.1) is 18.8 Å². The summed E-state index contributed by atoms with van der Waals surface area (Å²) in [6, 6.07) is 18.0. The van der Waals surface area contributed by atoms with Crippen LogP contribution >= 0.6 is 12.2 Å². The monoisotopic (exact) mass is 364 g/mol. The topological polar surface area (TPSA) is 53.2 Å². The standard InChI is InChI=1S/C20H20N4OS/c1-13-9-10-17(22-13)19-18(16-8-3-4-11-21-16)23-20(26)24(19)14-6-5-7-15(12-14)25-2/h3-12,18-19,22H,1-2H3,(H,23,26). The molecule has 6 heteroatoms. The Morgan fingerprint density at radius 1 is 1.12 bits per heavy atom. The van der Waals surface area contributed by atoms with Gasteiger partial charge < -0.3 is 19.9 Å². The van der Waals surface area contributed by atoms with Crippen LogP contribution in [0.15, 0.2) is 60.8 Å². The molecule has 1 aliphatic heterocycles. The minimum atomic E-state index is -0.0482. The second-order valence-electron chi connectivity index (χ2n) is 6.29. The summed E-state index contributed by atoms with van der Waals surface area (Å²) >= 11 is 5.70. The van der Waals surface area contributed by atoms with Gasteiger partial charge in [0, 0.05) is 29.3 Å². The van der Waals surface area contributed by atoms with Crippen LogP contribution in [0.1, 0.15) is 29.2 Å². The number of hydrogen-bond acceptors (Lipinski definition) is 3. The van der Waals surface area contributed by atoms with Crippen molar-refractivity contribution in [1.82, 2.24) is 15.3 Å². The Balaban J connectivity index is 1.82. The van der Waals surface area contributed by atoms with Crippen molar-refractivity contribution >= 4 is 23.0 Å². The van der Waals surface area contributed by atoms with Crippen LogP contribution in [0.25, 0.3) is 0 Å². The van der Waals surface area contributed by atoms with Crippen molar-refractivity contribution in [3.8, 4) is 5.75 Å². The van der Waals surface area contributed by atoms with Gasteiger partial charge in [-0.2, -0.15) is 0 Å². The van der Waals surface area contributed by atoms with Crippen molar-refractivity contribution in [2.24, 2.45) is 0 Å². The third-order valence-corrected chi connectivity index (χ3v) is 4.92. The molecule has 0 amide bonds. The maximum Gasteiger partial charge on any atom is 0.174 e. The third kappa shape index (κ3) is 2.93. The van der Waals surface area contributed by atoms with Gasteiger partial charge in [0.2, 0.25) is 0 Å². The van der Waals surface area contributed by atoms with E-state index in [0.717, 1.165) is 28.5 Å². The number of nitrogens with one attached hydrogen (secondary N) is 2. The van der Waals surface area contributed by atoms with Crippen molar-refractivity contribution in [3.05, 3.63) is 77.9 Å². The molecule has 0 bridgehead atoms. The summed E-state index contributed by atoms with van der Waals surface area (Å²) < 4.78 is 5.40. The van der Waals surface area contributed by atoms with Crippen molar-refractivity contribution in [1.29, 1.82) is 0 Å². The number of hydrogen-bond donors (Lipinski definition) is 2. The summed E-state index contributed by atoms with van der Waals surface area (Å²) in [6.07, 6.45) is 1.81. The highest BCUT2D eigenvalue weighted by Gasteiger charge is 2.41. The van der Waals surface area contributed by atoms with E-state index >= 15 is 0 Å². The zero-order chi connectivity index (χ0) is 18.1. The SMILES string of the molecule is COc1cccc(N2C(=S)NC(c3ccccn3)C2c2ccc(C)[nH]2)c1. The number of nitrogens with zero attached hydrogens (tertiary/aromatic N) is 2. The molecule has 2 unspecified atom stereocenters. The van der Waals surface area contributed by atoms with Crippen LogP contribution < -0.4 is 15.0 Å². The Labute approximate surface area is 158 Å². The van der Waals surface area contributed by atoms with E-state index in [9.17, 15) is 0 Å². The third-order valence-electron chi connectivity index (χ3n) is 4.60. The Morgan fingerprint density at radius 3 is 2.69 bits per heavy atom. The highest BCUT2D eigenvalue weighted by Crippen LogP contribution is 2.41. The molecule has 2 aromatic heterocycles. The maximum atomic E-state index is 5.70. The number of ether oxygens (including phenoxy) is 1. The van der Waals surface area contributed by atoms with E-state index in [2.05, 4.69) is 39.2 Å². The normalized spacial score (nSPS) is 19.5. The number of methoxy groups -OCH3 is 1. The fourth-order valence-corrected chi connectivity index (χ4v) is 3.75. The van der Waals surface area contributed by atoms with Gasteiger partial charge in [0.1, 0.15) is 11.8 Å². The van der Waals surface area contributed by atoms with Crippen LogP contribution in [0.2, 0.25) is 0 Å². The van der Waals surface area contributed by atoms with Crippen LogP contribution in [0.5, 0.6) is 5.75 Å². The molecular weight excluding hydrogens is 344 g/mol. The van der Waals surface area contributed by atoms with Crippen LogP contribution in [-0.2, 0) is 0 Å². The Kier molecular flexibility index (Phi) is 4.34. The first kappa shape index (κ1) is 16.6. The summed E-state index contributed by atoms with van der Waals surface area (Å²) in [6.45, 7) is 2.05. The van der Waals surface area contributed by atoms with Gasteiger partial charge in [-0.25, -0.2) is 0 Å². The fraction of sp³-hybridized carbons (Fsp3) is 0.200. The van der Waals surface area contributed by atoms with E-state index < -0.39 is 0 Å². The van der Waals surface area contributed by atoms with E-state index in [1.54, 1.807) is 7.11 Å². The van der Waals surface area contributed by atoms with E-state index in [1.807, 2.05) is 48.7 Å². The molecule has 1 aromatic carbocycles. The molecule has 0 saturated carbocycles. The number of rotatable bonds is 4. The summed E-state index contributed by atoms with van der Waals surface area (Å²) in [4.78, 5) is 10.1. The summed E-state index contributed by atoms with van der Waals surface area (Å²) in [7, 11) is 1.67. The quantitative estimate of drug-likeness (QED) is 0.688. The van der Waals surface area contributed by atoms with Crippen LogP contribution in [0, 0.1) is 6.92 Å². The molecule has 2 N–H and O–H groups in total. The molecule has 4 rings (SSSR count). The number of aromatic nitrogens is 2. The van der Waals surface area contributed by atoms with Gasteiger partial charge in [-0.15, -0.1) is 0 Å². The zero-order valence-corrected chi connectivity index (χ0v) is 15.5. The van der Waals surface area contributed by atoms with Gasteiger partial charge in [-0.3, -0.25) is 4.98 Å². The van der Waals surface area contributed by atoms with Crippen LogP contribution in [0.3, 0.4) is 0 Å². The lowest BCUT2D eigenvalue weighted by molar-refractivity contribution is 0.414. The van der Waals surface area contributed by atoms with Gasteiger partial charge in [-0.05, 0) is 55.5 Å². The molecule has 1 saturated heterocycles. The number of H-pyrrole nitrogens is 1. The number of aryl methyl sites for hydroxylation is 1. The molecule has 132 valence electrons. The van der Waals surface area contributed by atoms with Crippen molar-refractivity contribution in [2.45, 2.75) is 19.0 Å². The second kappa shape index (κ2) is 6.80. The summed E-state index contributed by atoms with van der Waals surface area (Å²) in [5.41, 5.74) is 4.14. The molecule has 0 spiro atoms. The number of benzene rings is 1. The minimum Gasteiger partial charge on any atom is -0.497 e. The minimum absolute atomic E-state index is 0.0294. The van der Waals surface area contributed by atoms with Gasteiger partial charge in [0.25, 0.3) is 0 Å². The average molecular weight is 364 g/mol. The number of pyridine rings is 1. The second-order valence-corrected chi connectivity index (χ2v) is 6.68. The highest BCUT2D eigenvalue weighted by molar-refractivity contribution is 7.80. The highest BCUT2D eigenvalue weighted by atomic mass is 32.1. The first-order valence-electron chi connectivity index (χ1n) is 8.47.